The number of amidine groups is 1. The van der Waals surface area contributed by atoms with Crippen LogP contribution in [0, 0.1) is 0 Å². The zero-order chi connectivity index (χ0) is 39.3. The van der Waals surface area contributed by atoms with E-state index in [0.29, 0.717) is 17.5 Å². The van der Waals surface area contributed by atoms with Crippen molar-refractivity contribution in [1.82, 2.24) is 15.0 Å². The lowest BCUT2D eigenvalue weighted by Crippen LogP contribution is -2.26. The molecule has 1 aliphatic carbocycles. The zero-order valence-electron chi connectivity index (χ0n) is 33.7. The average Bonchev–Trinajstić information content (AvgIpc) is 3.52. The van der Waals surface area contributed by atoms with Crippen LogP contribution in [0.1, 0.15) is 78.4 Å². The van der Waals surface area contributed by atoms with Gasteiger partial charge < -0.3 is 0 Å². The Labute approximate surface area is 333 Å². The second-order valence-electron chi connectivity index (χ2n) is 14.1. The first-order valence-corrected chi connectivity index (χ1v) is 20.0. The topological polar surface area (TPSA) is 63.4 Å². The van der Waals surface area contributed by atoms with Crippen molar-refractivity contribution in [1.29, 1.82) is 0 Å². The summed E-state index contributed by atoms with van der Waals surface area (Å²) >= 11 is 0. The SMILES string of the molecule is C/C=C(\C=C/CC)C(=NC(C)C1=CC=C(C(CC)(CC)c2ccc(-c3nc(-c4ccccc4)nc(-c4ccccc4)n3)cc2)C=CC1)N=C(C)c1ccccc1. The van der Waals surface area contributed by atoms with Gasteiger partial charge in [0.05, 0.1) is 6.04 Å². The van der Waals surface area contributed by atoms with Gasteiger partial charge in [0.2, 0.25) is 0 Å². The molecule has 5 nitrogen and oxygen atoms in total. The van der Waals surface area contributed by atoms with Crippen molar-refractivity contribution in [3.05, 3.63) is 186 Å². The third-order valence-corrected chi connectivity index (χ3v) is 10.7. The van der Waals surface area contributed by atoms with E-state index in [2.05, 4.69) is 120 Å². The summed E-state index contributed by atoms with van der Waals surface area (Å²) in [5, 5.41) is 0. The van der Waals surface area contributed by atoms with Gasteiger partial charge in [-0.1, -0.05) is 179 Å². The quantitative estimate of drug-likeness (QED) is 0.0687. The summed E-state index contributed by atoms with van der Waals surface area (Å²) in [7, 11) is 0. The van der Waals surface area contributed by atoms with Crippen molar-refractivity contribution < 1.29 is 0 Å². The van der Waals surface area contributed by atoms with Gasteiger partial charge in [0.15, 0.2) is 23.3 Å². The molecule has 0 radical (unpaired) electrons. The number of hydrogen-bond donors (Lipinski definition) is 0. The Kier molecular flexibility index (Phi) is 13.4. The summed E-state index contributed by atoms with van der Waals surface area (Å²) in [6.07, 6.45) is 19.4. The molecule has 6 rings (SSSR count). The van der Waals surface area contributed by atoms with Gasteiger partial charge in [0.1, 0.15) is 0 Å². The largest absolute Gasteiger partial charge is 0.259 e. The highest BCUT2D eigenvalue weighted by molar-refractivity contribution is 6.12. The lowest BCUT2D eigenvalue weighted by atomic mass is 9.69. The number of nitrogens with zero attached hydrogens (tertiary/aromatic N) is 5. The van der Waals surface area contributed by atoms with Crippen molar-refractivity contribution in [3.8, 4) is 34.2 Å². The predicted molar refractivity (Wildman–Crippen MR) is 237 cm³/mol. The molecule has 4 aromatic carbocycles. The fourth-order valence-electron chi connectivity index (χ4n) is 7.26. The highest BCUT2D eigenvalue weighted by atomic mass is 15.0. The minimum atomic E-state index is -0.164. The molecule has 1 atom stereocenters. The molecule has 1 unspecified atom stereocenters. The summed E-state index contributed by atoms with van der Waals surface area (Å²) in [4.78, 5) is 25.2. The monoisotopic (exact) mass is 735 g/mol. The van der Waals surface area contributed by atoms with Gasteiger partial charge in [-0.3, -0.25) is 4.99 Å². The van der Waals surface area contributed by atoms with Crippen LogP contribution in [0.4, 0.5) is 0 Å². The summed E-state index contributed by atoms with van der Waals surface area (Å²) in [6, 6.07) is 39.3. The molecule has 5 heteroatoms. The zero-order valence-corrected chi connectivity index (χ0v) is 33.7. The molecule has 1 aromatic heterocycles. The van der Waals surface area contributed by atoms with Gasteiger partial charge >= 0.3 is 0 Å². The standard InChI is InChI=1S/C51H53N5/c1-7-11-22-39(8-2)47(52-37(5)40-23-15-12-16-24-40)53-38(6)41-29-21-30-45(34-31-41)51(9-3,10-4)46-35-32-44(33-36-46)50-55-48(42-25-17-13-18-26-42)54-49(56-50)43-27-19-14-20-28-43/h8,11-28,30-36,38H,7,9-10,29H2,1-6H3/b22-11-,39-8+,52-37?,53-47?. The van der Waals surface area contributed by atoms with Crippen LogP contribution in [0.25, 0.3) is 34.2 Å². The number of benzene rings is 4. The summed E-state index contributed by atoms with van der Waals surface area (Å²) in [5.74, 6) is 2.74. The maximum absolute atomic E-state index is 5.27. The third kappa shape index (κ3) is 9.23. The molecule has 0 amide bonds. The first-order chi connectivity index (χ1) is 27.4. The van der Waals surface area contributed by atoms with Crippen molar-refractivity contribution in [2.24, 2.45) is 9.98 Å². The smallest absolute Gasteiger partial charge is 0.164 e. The van der Waals surface area contributed by atoms with Gasteiger partial charge in [-0.2, -0.15) is 0 Å². The van der Waals surface area contributed by atoms with Gasteiger partial charge in [-0.25, -0.2) is 19.9 Å². The van der Waals surface area contributed by atoms with Crippen molar-refractivity contribution >= 4 is 11.5 Å². The van der Waals surface area contributed by atoms with E-state index >= 15 is 0 Å². The van der Waals surface area contributed by atoms with Crippen LogP contribution in [0.15, 0.2) is 184 Å². The lowest BCUT2D eigenvalue weighted by molar-refractivity contribution is 0.477. The lowest BCUT2D eigenvalue weighted by Gasteiger charge is -2.34. The second-order valence-corrected chi connectivity index (χ2v) is 14.1. The normalized spacial score (nSPS) is 14.7. The van der Waals surface area contributed by atoms with E-state index in [4.69, 9.17) is 24.9 Å². The van der Waals surface area contributed by atoms with Crippen LogP contribution in [0.5, 0.6) is 0 Å². The average molecular weight is 736 g/mol. The first kappa shape index (κ1) is 39.6. The molecule has 1 heterocycles. The molecule has 0 fully saturated rings. The number of aromatic nitrogens is 3. The molecule has 0 saturated carbocycles. The van der Waals surface area contributed by atoms with Crippen LogP contribution >= 0.6 is 0 Å². The van der Waals surface area contributed by atoms with Crippen molar-refractivity contribution in [3.63, 3.8) is 0 Å². The maximum Gasteiger partial charge on any atom is 0.164 e. The molecule has 0 spiro atoms. The Balaban J connectivity index is 1.33. The van der Waals surface area contributed by atoms with E-state index in [0.717, 1.165) is 65.1 Å². The molecule has 0 N–H and O–H groups in total. The molecule has 5 aromatic rings. The Morgan fingerprint density at radius 1 is 0.714 bits per heavy atom. The third-order valence-electron chi connectivity index (χ3n) is 10.7. The molecule has 56 heavy (non-hydrogen) atoms. The Bertz CT molecular complexity index is 2230. The van der Waals surface area contributed by atoms with Gasteiger partial charge in [-0.05, 0) is 68.7 Å². The van der Waals surface area contributed by atoms with E-state index in [1.807, 2.05) is 78.9 Å². The number of aliphatic imine (C=N–C) groups is 2. The summed E-state index contributed by atoms with van der Waals surface area (Å²) in [5.41, 5.74) is 9.62. The molecular formula is C51H53N5. The molecule has 1 aliphatic rings. The van der Waals surface area contributed by atoms with Gasteiger partial charge in [0, 0.05) is 33.4 Å². The summed E-state index contributed by atoms with van der Waals surface area (Å²) in [6.45, 7) is 13.0. The van der Waals surface area contributed by atoms with Gasteiger partial charge in [0.25, 0.3) is 0 Å². The highest BCUT2D eigenvalue weighted by Crippen LogP contribution is 2.41. The molecule has 0 saturated heterocycles. The van der Waals surface area contributed by atoms with E-state index in [1.54, 1.807) is 0 Å². The minimum absolute atomic E-state index is 0.0543. The second kappa shape index (κ2) is 19.0. The minimum Gasteiger partial charge on any atom is -0.259 e. The summed E-state index contributed by atoms with van der Waals surface area (Å²) < 4.78 is 0. The van der Waals surface area contributed by atoms with E-state index in [1.165, 1.54) is 16.7 Å². The van der Waals surface area contributed by atoms with Crippen LogP contribution in [-0.4, -0.2) is 32.5 Å². The number of hydrogen-bond acceptors (Lipinski definition) is 4. The van der Waals surface area contributed by atoms with Crippen LogP contribution in [0.3, 0.4) is 0 Å². The van der Waals surface area contributed by atoms with E-state index in [-0.39, 0.29) is 11.5 Å². The van der Waals surface area contributed by atoms with Crippen molar-refractivity contribution in [2.45, 2.75) is 78.7 Å². The Morgan fingerprint density at radius 2 is 1.25 bits per heavy atom. The fraction of sp³-hybridized carbons (Fsp3) is 0.235. The van der Waals surface area contributed by atoms with Gasteiger partial charge in [-0.15, -0.1) is 0 Å². The Morgan fingerprint density at radius 3 is 1.77 bits per heavy atom. The van der Waals surface area contributed by atoms with Crippen LogP contribution < -0.4 is 0 Å². The highest BCUT2D eigenvalue weighted by Gasteiger charge is 2.32. The van der Waals surface area contributed by atoms with E-state index in [9.17, 15) is 0 Å². The van der Waals surface area contributed by atoms with E-state index < -0.39 is 0 Å². The molecular weight excluding hydrogens is 683 g/mol. The maximum atomic E-state index is 5.27. The number of rotatable bonds is 13. The van der Waals surface area contributed by atoms with Crippen molar-refractivity contribution in [2.75, 3.05) is 0 Å². The molecule has 0 bridgehead atoms. The first-order valence-electron chi connectivity index (χ1n) is 20.0. The fourth-order valence-corrected chi connectivity index (χ4v) is 7.26. The van der Waals surface area contributed by atoms with Crippen LogP contribution in [0.2, 0.25) is 0 Å². The molecule has 282 valence electrons. The Hall–Kier alpha value is -6.07. The predicted octanol–water partition coefficient (Wildman–Crippen LogP) is 13.0. The van der Waals surface area contributed by atoms with Crippen LogP contribution in [-0.2, 0) is 5.41 Å². The molecule has 0 aliphatic heterocycles. The number of allylic oxidation sites excluding steroid dienone is 7.